The van der Waals surface area contributed by atoms with Gasteiger partial charge < -0.3 is 5.32 Å². The van der Waals surface area contributed by atoms with Crippen LogP contribution in [0.1, 0.15) is 13.3 Å². The first-order valence-electron chi connectivity index (χ1n) is 3.57. The van der Waals surface area contributed by atoms with Gasteiger partial charge in [-0.05, 0) is 6.42 Å². The van der Waals surface area contributed by atoms with E-state index < -0.39 is 24.8 Å². The molecule has 0 aliphatic carbocycles. The Kier molecular flexibility index (Phi) is 4.93. The predicted octanol–water partition coefficient (Wildman–Crippen LogP) is 0.917. The molecule has 1 N–H and O–H groups in total. The molecule has 0 bridgehead atoms. The molecule has 0 aromatic rings. The molecule has 68 valence electrons. The minimum absolute atomic E-state index is 0.339. The first-order chi connectivity index (χ1) is 5.61. The number of nitrogens with zero attached hydrogens (tertiary/aromatic N) is 1. The van der Waals surface area contributed by atoms with Crippen molar-refractivity contribution in [3.63, 3.8) is 0 Å². The number of hydrogen-bond acceptors (Lipinski definition) is 2. The highest BCUT2D eigenvalue weighted by atomic mass is 19.3. The van der Waals surface area contributed by atoms with Crippen molar-refractivity contribution in [3.05, 3.63) is 0 Å². The summed E-state index contributed by atoms with van der Waals surface area (Å²) in [6.07, 6.45) is -2.23. The summed E-state index contributed by atoms with van der Waals surface area (Å²) in [5.41, 5.74) is 0. The topological polar surface area (TPSA) is 52.9 Å². The van der Waals surface area contributed by atoms with Crippen LogP contribution in [-0.4, -0.2) is 18.9 Å². The van der Waals surface area contributed by atoms with Gasteiger partial charge >= 0.3 is 0 Å². The molecule has 0 aromatic carbocycles. The minimum Gasteiger partial charge on any atom is -0.349 e. The quantitative estimate of drug-likeness (QED) is 0.692. The molecule has 1 amide bonds. The van der Waals surface area contributed by atoms with Crippen LogP contribution in [0.15, 0.2) is 0 Å². The molecule has 0 aromatic heterocycles. The molecule has 0 heterocycles. The highest BCUT2D eigenvalue weighted by Gasteiger charge is 2.15. The van der Waals surface area contributed by atoms with Gasteiger partial charge in [-0.2, -0.15) is 5.26 Å². The summed E-state index contributed by atoms with van der Waals surface area (Å²) in [6, 6.07) is 1.72. The van der Waals surface area contributed by atoms with Gasteiger partial charge in [0.05, 0.1) is 12.6 Å². The third-order valence-corrected chi connectivity index (χ3v) is 1.31. The van der Waals surface area contributed by atoms with Crippen LogP contribution in [0.3, 0.4) is 0 Å². The van der Waals surface area contributed by atoms with Crippen LogP contribution in [0.5, 0.6) is 0 Å². The Bertz CT molecular complexity index is 188. The lowest BCUT2D eigenvalue weighted by Gasteiger charge is -2.06. The molecule has 3 nitrogen and oxygen atoms in total. The first-order valence-corrected chi connectivity index (χ1v) is 3.57. The number of nitriles is 1. The molecule has 0 aliphatic heterocycles. The number of halogens is 2. The summed E-state index contributed by atoms with van der Waals surface area (Å²) < 4.78 is 23.1. The van der Waals surface area contributed by atoms with Crippen molar-refractivity contribution in [3.8, 4) is 6.07 Å². The van der Waals surface area contributed by atoms with Crippen molar-refractivity contribution in [2.45, 2.75) is 19.8 Å². The lowest BCUT2D eigenvalue weighted by Crippen LogP contribution is -2.33. The van der Waals surface area contributed by atoms with E-state index in [4.69, 9.17) is 5.26 Å². The van der Waals surface area contributed by atoms with Gasteiger partial charge in [0, 0.05) is 0 Å². The van der Waals surface area contributed by atoms with Crippen LogP contribution in [0.25, 0.3) is 0 Å². The highest BCUT2D eigenvalue weighted by Crippen LogP contribution is 2.00. The maximum atomic E-state index is 11.6. The molecule has 1 unspecified atom stereocenters. The summed E-state index contributed by atoms with van der Waals surface area (Å²) in [6.45, 7) is 0.965. The van der Waals surface area contributed by atoms with Gasteiger partial charge in [-0.15, -0.1) is 0 Å². The summed E-state index contributed by atoms with van der Waals surface area (Å²) in [5, 5.41) is 10.3. The number of nitrogens with one attached hydrogen (secondary N) is 1. The molecule has 0 saturated carbocycles. The predicted molar refractivity (Wildman–Crippen MR) is 38.4 cm³/mol. The van der Waals surface area contributed by atoms with Crippen molar-refractivity contribution < 1.29 is 13.6 Å². The molecule has 0 fully saturated rings. The van der Waals surface area contributed by atoms with Crippen molar-refractivity contribution in [2.24, 2.45) is 5.92 Å². The Balaban J connectivity index is 3.79. The zero-order valence-corrected chi connectivity index (χ0v) is 6.68. The molecule has 0 aliphatic rings. The average molecular weight is 176 g/mol. The number of alkyl halides is 2. The zero-order valence-electron chi connectivity index (χ0n) is 6.68. The molecule has 0 rings (SSSR count). The van der Waals surface area contributed by atoms with Crippen molar-refractivity contribution in [1.82, 2.24) is 5.32 Å². The Hall–Kier alpha value is -1.18. The van der Waals surface area contributed by atoms with E-state index in [1.165, 1.54) is 0 Å². The second kappa shape index (κ2) is 5.47. The summed E-state index contributed by atoms with van der Waals surface area (Å²) in [7, 11) is 0. The lowest BCUT2D eigenvalue weighted by atomic mass is 10.1. The SMILES string of the molecule is CCC(C#N)C(=O)NCC(F)F. The van der Waals surface area contributed by atoms with E-state index >= 15 is 0 Å². The Morgan fingerprint density at radius 2 is 2.25 bits per heavy atom. The minimum atomic E-state index is -2.56. The molecular weight excluding hydrogens is 166 g/mol. The molecule has 0 spiro atoms. The number of carbonyl (C=O) groups excluding carboxylic acids is 1. The normalized spacial score (nSPS) is 12.2. The summed E-state index contributed by atoms with van der Waals surface area (Å²) in [5.74, 6) is -1.44. The van der Waals surface area contributed by atoms with E-state index in [0.29, 0.717) is 6.42 Å². The fraction of sp³-hybridized carbons (Fsp3) is 0.714. The summed E-state index contributed by atoms with van der Waals surface area (Å²) >= 11 is 0. The summed E-state index contributed by atoms with van der Waals surface area (Å²) in [4.78, 5) is 10.8. The van der Waals surface area contributed by atoms with E-state index in [0.717, 1.165) is 0 Å². The fourth-order valence-electron chi connectivity index (χ4n) is 0.636. The van der Waals surface area contributed by atoms with Gasteiger partial charge in [0.2, 0.25) is 5.91 Å². The van der Waals surface area contributed by atoms with Gasteiger partial charge in [-0.1, -0.05) is 6.92 Å². The second-order valence-corrected chi connectivity index (χ2v) is 2.23. The zero-order chi connectivity index (χ0) is 9.56. The van der Waals surface area contributed by atoms with Crippen LogP contribution in [0.2, 0.25) is 0 Å². The number of amides is 1. The van der Waals surface area contributed by atoms with Crippen molar-refractivity contribution in [2.75, 3.05) is 6.54 Å². The molecular formula is C7H10F2N2O. The molecule has 12 heavy (non-hydrogen) atoms. The molecule has 5 heteroatoms. The van der Waals surface area contributed by atoms with E-state index in [9.17, 15) is 13.6 Å². The van der Waals surface area contributed by atoms with Crippen LogP contribution in [0, 0.1) is 17.2 Å². The smallest absolute Gasteiger partial charge is 0.255 e. The van der Waals surface area contributed by atoms with Gasteiger partial charge in [0.15, 0.2) is 0 Å². The average Bonchev–Trinajstić information content (AvgIpc) is 2.03. The van der Waals surface area contributed by atoms with Gasteiger partial charge in [-0.25, -0.2) is 8.78 Å². The van der Waals surface area contributed by atoms with E-state index in [2.05, 4.69) is 0 Å². The maximum absolute atomic E-state index is 11.6. The maximum Gasteiger partial charge on any atom is 0.255 e. The Morgan fingerprint density at radius 3 is 2.58 bits per heavy atom. The third-order valence-electron chi connectivity index (χ3n) is 1.31. The fourth-order valence-corrected chi connectivity index (χ4v) is 0.636. The van der Waals surface area contributed by atoms with Gasteiger partial charge in [0.25, 0.3) is 6.43 Å². The highest BCUT2D eigenvalue weighted by molar-refractivity contribution is 5.80. The number of rotatable bonds is 4. The van der Waals surface area contributed by atoms with Crippen LogP contribution >= 0.6 is 0 Å². The van der Waals surface area contributed by atoms with Crippen LogP contribution < -0.4 is 5.32 Å². The third kappa shape index (κ3) is 3.86. The van der Waals surface area contributed by atoms with Crippen LogP contribution in [0.4, 0.5) is 8.78 Å². The van der Waals surface area contributed by atoms with E-state index in [-0.39, 0.29) is 0 Å². The Morgan fingerprint density at radius 1 is 1.67 bits per heavy atom. The van der Waals surface area contributed by atoms with Crippen molar-refractivity contribution >= 4 is 5.91 Å². The van der Waals surface area contributed by atoms with Crippen LogP contribution in [-0.2, 0) is 4.79 Å². The van der Waals surface area contributed by atoms with Gasteiger partial charge in [-0.3, -0.25) is 4.79 Å². The molecule has 0 saturated heterocycles. The van der Waals surface area contributed by atoms with E-state index in [1.54, 1.807) is 13.0 Å². The molecule has 1 atom stereocenters. The van der Waals surface area contributed by atoms with E-state index in [1.807, 2.05) is 5.32 Å². The second-order valence-electron chi connectivity index (χ2n) is 2.23. The standard InChI is InChI=1S/C7H10F2N2O/c1-2-5(3-10)7(12)11-4-6(8)9/h5-6H,2,4H2,1H3,(H,11,12). The van der Waals surface area contributed by atoms with Crippen molar-refractivity contribution in [1.29, 1.82) is 5.26 Å². The Labute approximate surface area is 69.4 Å². The first kappa shape index (κ1) is 10.8. The lowest BCUT2D eigenvalue weighted by molar-refractivity contribution is -0.124. The number of carbonyl (C=O) groups is 1. The number of hydrogen-bond donors (Lipinski definition) is 1. The molecule has 0 radical (unpaired) electrons. The monoisotopic (exact) mass is 176 g/mol. The van der Waals surface area contributed by atoms with Gasteiger partial charge in [0.1, 0.15) is 5.92 Å². The largest absolute Gasteiger partial charge is 0.349 e.